The first-order valence-electron chi connectivity index (χ1n) is 7.65. The van der Waals surface area contributed by atoms with E-state index in [9.17, 15) is 4.79 Å². The normalized spacial score (nSPS) is 21.3. The lowest BCUT2D eigenvalue weighted by Gasteiger charge is -2.14. The van der Waals surface area contributed by atoms with Crippen LogP contribution >= 0.6 is 0 Å². The van der Waals surface area contributed by atoms with Gasteiger partial charge in [0.1, 0.15) is 5.82 Å². The van der Waals surface area contributed by atoms with Crippen LogP contribution in [0.15, 0.2) is 10.9 Å². The quantitative estimate of drug-likeness (QED) is 0.819. The molecular weight excluding hydrogens is 238 g/mol. The van der Waals surface area contributed by atoms with Gasteiger partial charge in [-0.1, -0.05) is 25.7 Å². The molecular formula is C15H23N3O. The first kappa shape index (κ1) is 12.9. The second-order valence-corrected chi connectivity index (χ2v) is 5.97. The fourth-order valence-electron chi connectivity index (χ4n) is 2.90. The Morgan fingerprint density at radius 3 is 2.58 bits per heavy atom. The molecule has 2 N–H and O–H groups in total. The van der Waals surface area contributed by atoms with E-state index in [0.29, 0.717) is 12.0 Å². The van der Waals surface area contributed by atoms with Crippen molar-refractivity contribution < 1.29 is 0 Å². The van der Waals surface area contributed by atoms with Crippen LogP contribution in [-0.2, 0) is 6.54 Å². The molecule has 1 aromatic heterocycles. The number of rotatable bonds is 4. The lowest BCUT2D eigenvalue weighted by Crippen LogP contribution is -2.21. The van der Waals surface area contributed by atoms with E-state index in [1.165, 1.54) is 51.4 Å². The largest absolute Gasteiger partial charge is 0.310 e. The molecule has 0 spiro atoms. The van der Waals surface area contributed by atoms with E-state index in [-0.39, 0.29) is 5.56 Å². The first-order valence-corrected chi connectivity index (χ1v) is 7.65. The van der Waals surface area contributed by atoms with E-state index < -0.39 is 0 Å². The molecule has 0 unspecified atom stereocenters. The van der Waals surface area contributed by atoms with Gasteiger partial charge in [0.05, 0.1) is 5.69 Å². The zero-order valence-corrected chi connectivity index (χ0v) is 11.5. The van der Waals surface area contributed by atoms with Crippen LogP contribution in [-0.4, -0.2) is 16.0 Å². The average molecular weight is 261 g/mol. The van der Waals surface area contributed by atoms with E-state index in [2.05, 4.69) is 15.3 Å². The SMILES string of the molecule is O=c1cc(CNC2CC2)nc(C2CCCCCC2)[nH]1. The molecule has 0 aliphatic heterocycles. The highest BCUT2D eigenvalue weighted by molar-refractivity contribution is 5.07. The number of nitrogens with one attached hydrogen (secondary N) is 2. The highest BCUT2D eigenvalue weighted by atomic mass is 16.1. The van der Waals surface area contributed by atoms with Crippen LogP contribution in [0.2, 0.25) is 0 Å². The van der Waals surface area contributed by atoms with Crippen LogP contribution in [0.1, 0.15) is 68.8 Å². The van der Waals surface area contributed by atoms with Crippen LogP contribution in [0, 0.1) is 0 Å². The minimum atomic E-state index is 0.00171. The van der Waals surface area contributed by atoms with E-state index in [4.69, 9.17) is 0 Å². The van der Waals surface area contributed by atoms with Gasteiger partial charge < -0.3 is 10.3 Å². The molecule has 2 aliphatic carbocycles. The molecule has 0 radical (unpaired) electrons. The van der Waals surface area contributed by atoms with Crippen LogP contribution in [0.4, 0.5) is 0 Å². The third kappa shape index (κ3) is 3.66. The maximum absolute atomic E-state index is 11.8. The van der Waals surface area contributed by atoms with Gasteiger partial charge in [-0.3, -0.25) is 4.79 Å². The molecule has 1 aromatic rings. The zero-order chi connectivity index (χ0) is 13.1. The van der Waals surface area contributed by atoms with Gasteiger partial charge in [0, 0.05) is 24.6 Å². The fourth-order valence-corrected chi connectivity index (χ4v) is 2.90. The van der Waals surface area contributed by atoms with Crippen molar-refractivity contribution in [1.29, 1.82) is 0 Å². The van der Waals surface area contributed by atoms with Crippen LogP contribution in [0.25, 0.3) is 0 Å². The van der Waals surface area contributed by atoms with Crippen LogP contribution in [0.5, 0.6) is 0 Å². The minimum absolute atomic E-state index is 0.00171. The van der Waals surface area contributed by atoms with Crippen molar-refractivity contribution in [3.63, 3.8) is 0 Å². The molecule has 2 aliphatic rings. The lowest BCUT2D eigenvalue weighted by atomic mass is 9.99. The van der Waals surface area contributed by atoms with Gasteiger partial charge in [-0.15, -0.1) is 0 Å². The second kappa shape index (κ2) is 5.87. The Kier molecular flexibility index (Phi) is 3.97. The average Bonchev–Trinajstić information content (AvgIpc) is 3.23. The molecule has 2 saturated carbocycles. The van der Waals surface area contributed by atoms with Crippen molar-refractivity contribution in [1.82, 2.24) is 15.3 Å². The Morgan fingerprint density at radius 1 is 1.16 bits per heavy atom. The molecule has 1 heterocycles. The third-order valence-corrected chi connectivity index (χ3v) is 4.20. The van der Waals surface area contributed by atoms with Crippen molar-refractivity contribution in [2.45, 2.75) is 69.9 Å². The summed E-state index contributed by atoms with van der Waals surface area (Å²) >= 11 is 0. The van der Waals surface area contributed by atoms with Gasteiger partial charge in [0.2, 0.25) is 0 Å². The van der Waals surface area contributed by atoms with Crippen LogP contribution in [0.3, 0.4) is 0 Å². The Bertz CT molecular complexity index is 471. The third-order valence-electron chi connectivity index (χ3n) is 4.20. The molecule has 2 fully saturated rings. The molecule has 0 aromatic carbocycles. The molecule has 0 bridgehead atoms. The van der Waals surface area contributed by atoms with Gasteiger partial charge in [0.15, 0.2) is 0 Å². The molecule has 3 rings (SSSR count). The number of aromatic nitrogens is 2. The molecule has 4 heteroatoms. The number of hydrogen-bond donors (Lipinski definition) is 2. The smallest absolute Gasteiger partial charge is 0.251 e. The molecule has 4 nitrogen and oxygen atoms in total. The highest BCUT2D eigenvalue weighted by Gasteiger charge is 2.21. The number of aromatic amines is 1. The van der Waals surface area contributed by atoms with E-state index >= 15 is 0 Å². The number of nitrogens with zero attached hydrogens (tertiary/aromatic N) is 1. The monoisotopic (exact) mass is 261 g/mol. The summed E-state index contributed by atoms with van der Waals surface area (Å²) in [6.07, 6.45) is 10.0. The van der Waals surface area contributed by atoms with Crippen molar-refractivity contribution in [2.75, 3.05) is 0 Å². The standard InChI is InChI=1S/C15H23N3O/c19-14-9-13(10-16-12-7-8-12)17-15(18-14)11-5-3-1-2-4-6-11/h9,11-12,16H,1-8,10H2,(H,17,18,19). The highest BCUT2D eigenvalue weighted by Crippen LogP contribution is 2.29. The van der Waals surface area contributed by atoms with Gasteiger partial charge in [-0.2, -0.15) is 0 Å². The summed E-state index contributed by atoms with van der Waals surface area (Å²) in [6, 6.07) is 2.29. The Labute approximate surface area is 114 Å². The summed E-state index contributed by atoms with van der Waals surface area (Å²) in [5, 5.41) is 3.43. The maximum Gasteiger partial charge on any atom is 0.251 e. The number of H-pyrrole nitrogens is 1. The van der Waals surface area contributed by atoms with Gasteiger partial charge >= 0.3 is 0 Å². The lowest BCUT2D eigenvalue weighted by molar-refractivity contribution is 0.551. The Morgan fingerprint density at radius 2 is 1.89 bits per heavy atom. The summed E-state index contributed by atoms with van der Waals surface area (Å²) < 4.78 is 0. The predicted molar refractivity (Wildman–Crippen MR) is 75.2 cm³/mol. The van der Waals surface area contributed by atoms with Crippen molar-refractivity contribution in [2.24, 2.45) is 0 Å². The summed E-state index contributed by atoms with van der Waals surface area (Å²) in [7, 11) is 0. The summed E-state index contributed by atoms with van der Waals surface area (Å²) in [6.45, 7) is 0.730. The Hall–Kier alpha value is -1.16. The van der Waals surface area contributed by atoms with Gasteiger partial charge in [-0.05, 0) is 25.7 Å². The first-order chi connectivity index (χ1) is 9.31. The second-order valence-electron chi connectivity index (χ2n) is 5.97. The number of hydrogen-bond acceptors (Lipinski definition) is 3. The topological polar surface area (TPSA) is 57.8 Å². The molecule has 19 heavy (non-hydrogen) atoms. The molecule has 0 atom stereocenters. The summed E-state index contributed by atoms with van der Waals surface area (Å²) in [4.78, 5) is 19.4. The van der Waals surface area contributed by atoms with E-state index in [0.717, 1.165) is 18.1 Å². The van der Waals surface area contributed by atoms with Crippen molar-refractivity contribution in [3.05, 3.63) is 27.9 Å². The van der Waals surface area contributed by atoms with Crippen molar-refractivity contribution in [3.8, 4) is 0 Å². The minimum Gasteiger partial charge on any atom is -0.310 e. The molecule has 0 saturated heterocycles. The summed E-state index contributed by atoms with van der Waals surface area (Å²) in [5.74, 6) is 1.37. The predicted octanol–water partition coefficient (Wildman–Crippen LogP) is 2.46. The fraction of sp³-hybridized carbons (Fsp3) is 0.733. The Balaban J connectivity index is 1.73. The molecule has 0 amide bonds. The summed E-state index contributed by atoms with van der Waals surface area (Å²) in [5.41, 5.74) is 0.900. The van der Waals surface area contributed by atoms with Gasteiger partial charge in [-0.25, -0.2) is 4.98 Å². The van der Waals surface area contributed by atoms with Gasteiger partial charge in [0.25, 0.3) is 5.56 Å². The van der Waals surface area contributed by atoms with Crippen LogP contribution < -0.4 is 10.9 Å². The maximum atomic E-state index is 11.8. The van der Waals surface area contributed by atoms with E-state index in [1.807, 2.05) is 0 Å². The molecule has 104 valence electrons. The zero-order valence-electron chi connectivity index (χ0n) is 11.5. The van der Waals surface area contributed by atoms with Crippen molar-refractivity contribution >= 4 is 0 Å². The van der Waals surface area contributed by atoms with E-state index in [1.54, 1.807) is 6.07 Å².